The lowest BCUT2D eigenvalue weighted by atomic mass is 10.1. The third kappa shape index (κ3) is 5.09. The van der Waals surface area contributed by atoms with E-state index < -0.39 is 0 Å². The maximum absolute atomic E-state index is 11.5. The molecular weight excluding hydrogens is 240 g/mol. The largest absolute Gasteiger partial charge is 0.368 e. The van der Waals surface area contributed by atoms with Crippen molar-refractivity contribution in [2.45, 2.75) is 38.8 Å². The lowest BCUT2D eigenvalue weighted by molar-refractivity contribution is -0.120. The maximum atomic E-state index is 11.5. The second kappa shape index (κ2) is 6.68. The van der Waals surface area contributed by atoms with Gasteiger partial charge in [0.2, 0.25) is 5.91 Å². The Morgan fingerprint density at radius 2 is 1.68 bits per heavy atom. The number of rotatable bonds is 7. The summed E-state index contributed by atoms with van der Waals surface area (Å²) in [6.45, 7) is 10.8. The molecule has 1 amide bonds. The summed E-state index contributed by atoms with van der Waals surface area (Å²) in [6, 6.07) is 0.351. The molecule has 0 spiro atoms. The van der Waals surface area contributed by atoms with E-state index in [9.17, 15) is 4.79 Å². The van der Waals surface area contributed by atoms with Gasteiger partial charge in [-0.1, -0.05) is 13.8 Å². The Morgan fingerprint density at radius 1 is 1.16 bits per heavy atom. The molecule has 5 nitrogen and oxygen atoms in total. The monoisotopic (exact) mass is 268 g/mol. The summed E-state index contributed by atoms with van der Waals surface area (Å²) in [7, 11) is 0. The van der Waals surface area contributed by atoms with Crippen molar-refractivity contribution in [1.82, 2.24) is 15.1 Å². The van der Waals surface area contributed by atoms with Crippen molar-refractivity contribution >= 4 is 5.91 Å². The van der Waals surface area contributed by atoms with E-state index in [-0.39, 0.29) is 11.9 Å². The van der Waals surface area contributed by atoms with Crippen molar-refractivity contribution < 1.29 is 4.79 Å². The molecule has 1 atom stereocenters. The highest BCUT2D eigenvalue weighted by Gasteiger charge is 2.29. The first-order chi connectivity index (χ1) is 9.04. The van der Waals surface area contributed by atoms with Crippen molar-refractivity contribution in [2.75, 3.05) is 39.3 Å². The van der Waals surface area contributed by atoms with Crippen LogP contribution >= 0.6 is 0 Å². The lowest BCUT2D eigenvalue weighted by Crippen LogP contribution is -2.54. The van der Waals surface area contributed by atoms with Crippen LogP contribution in [0.3, 0.4) is 0 Å². The molecule has 3 N–H and O–H groups in total. The summed E-state index contributed by atoms with van der Waals surface area (Å²) in [4.78, 5) is 16.3. The Balaban J connectivity index is 1.72. The number of carbonyl (C=O) groups excluding carboxylic acids is 1. The van der Waals surface area contributed by atoms with E-state index in [2.05, 4.69) is 29.0 Å². The molecule has 2 rings (SSSR count). The molecule has 5 heteroatoms. The van der Waals surface area contributed by atoms with Gasteiger partial charge in [-0.3, -0.25) is 9.69 Å². The van der Waals surface area contributed by atoms with Crippen LogP contribution in [0.15, 0.2) is 0 Å². The van der Waals surface area contributed by atoms with Gasteiger partial charge in [-0.25, -0.2) is 0 Å². The van der Waals surface area contributed by atoms with E-state index in [1.165, 1.54) is 19.4 Å². The van der Waals surface area contributed by atoms with Gasteiger partial charge < -0.3 is 16.0 Å². The minimum Gasteiger partial charge on any atom is -0.368 e. The summed E-state index contributed by atoms with van der Waals surface area (Å²) in [5.74, 6) is 0.512. The number of nitrogens with two attached hydrogens (primary N) is 1. The fraction of sp³-hybridized carbons (Fsp3) is 0.929. The first-order valence-corrected chi connectivity index (χ1v) is 7.54. The fourth-order valence-corrected chi connectivity index (χ4v) is 2.69. The fourth-order valence-electron chi connectivity index (χ4n) is 2.69. The molecule has 1 saturated heterocycles. The zero-order chi connectivity index (χ0) is 13.8. The third-order valence-corrected chi connectivity index (χ3v) is 3.89. The average Bonchev–Trinajstić information content (AvgIpc) is 3.14. The minimum atomic E-state index is -0.212. The van der Waals surface area contributed by atoms with E-state index >= 15 is 0 Å². The van der Waals surface area contributed by atoms with Gasteiger partial charge in [0.05, 0.1) is 6.04 Å². The van der Waals surface area contributed by atoms with Crippen LogP contribution in [0.2, 0.25) is 0 Å². The standard InChI is InChI=1S/C14H28N4O/c1-11(2)9-17-5-7-18(8-6-17)10-13(14(15)19)16-12-3-4-12/h11-13,16H,3-10H2,1-2H3,(H2,15,19). The van der Waals surface area contributed by atoms with Gasteiger partial charge in [-0.15, -0.1) is 0 Å². The Hall–Kier alpha value is -0.650. The highest BCUT2D eigenvalue weighted by molar-refractivity contribution is 5.80. The number of hydrogen-bond acceptors (Lipinski definition) is 4. The van der Waals surface area contributed by atoms with Gasteiger partial charge in [0, 0.05) is 45.3 Å². The van der Waals surface area contributed by atoms with Gasteiger partial charge >= 0.3 is 0 Å². The van der Waals surface area contributed by atoms with Crippen LogP contribution in [0.5, 0.6) is 0 Å². The number of nitrogens with zero attached hydrogens (tertiary/aromatic N) is 2. The Bertz CT molecular complexity index is 296. The van der Waals surface area contributed by atoms with Gasteiger partial charge in [0.25, 0.3) is 0 Å². The second-order valence-electron chi connectivity index (χ2n) is 6.39. The van der Waals surface area contributed by atoms with Crippen LogP contribution in [-0.2, 0) is 4.79 Å². The lowest BCUT2D eigenvalue weighted by Gasteiger charge is -2.36. The zero-order valence-corrected chi connectivity index (χ0v) is 12.3. The van der Waals surface area contributed by atoms with E-state index in [1.807, 2.05) is 0 Å². The molecular formula is C14H28N4O. The number of carbonyl (C=O) groups is 1. The highest BCUT2D eigenvalue weighted by Crippen LogP contribution is 2.19. The topological polar surface area (TPSA) is 61.6 Å². The van der Waals surface area contributed by atoms with Crippen molar-refractivity contribution in [3.63, 3.8) is 0 Å². The SMILES string of the molecule is CC(C)CN1CCN(CC(NC2CC2)C(N)=O)CC1. The molecule has 0 bridgehead atoms. The molecule has 1 saturated carbocycles. The van der Waals surface area contributed by atoms with Crippen LogP contribution in [0, 0.1) is 5.92 Å². The summed E-state index contributed by atoms with van der Waals surface area (Å²) >= 11 is 0. The molecule has 0 aromatic heterocycles. The predicted molar refractivity (Wildman–Crippen MR) is 76.9 cm³/mol. The molecule has 1 aliphatic heterocycles. The number of hydrogen-bond donors (Lipinski definition) is 2. The number of primary amides is 1. The average molecular weight is 268 g/mol. The molecule has 0 radical (unpaired) electrons. The van der Waals surface area contributed by atoms with Crippen LogP contribution in [0.1, 0.15) is 26.7 Å². The zero-order valence-electron chi connectivity index (χ0n) is 12.3. The summed E-state index contributed by atoms with van der Waals surface area (Å²) in [5.41, 5.74) is 5.48. The number of piperazine rings is 1. The van der Waals surface area contributed by atoms with E-state index in [0.29, 0.717) is 6.04 Å². The minimum absolute atomic E-state index is 0.177. The molecule has 0 aromatic rings. The van der Waals surface area contributed by atoms with E-state index in [1.54, 1.807) is 0 Å². The summed E-state index contributed by atoms with van der Waals surface area (Å²) in [6.07, 6.45) is 2.37. The summed E-state index contributed by atoms with van der Waals surface area (Å²) < 4.78 is 0. The van der Waals surface area contributed by atoms with Gasteiger partial charge in [-0.05, 0) is 18.8 Å². The van der Waals surface area contributed by atoms with Crippen LogP contribution in [0.4, 0.5) is 0 Å². The van der Waals surface area contributed by atoms with Crippen molar-refractivity contribution in [3.05, 3.63) is 0 Å². The number of nitrogens with one attached hydrogen (secondary N) is 1. The van der Waals surface area contributed by atoms with Crippen LogP contribution < -0.4 is 11.1 Å². The van der Waals surface area contributed by atoms with Crippen molar-refractivity contribution in [1.29, 1.82) is 0 Å². The molecule has 2 aliphatic rings. The molecule has 110 valence electrons. The van der Waals surface area contributed by atoms with Crippen molar-refractivity contribution in [3.8, 4) is 0 Å². The number of amides is 1. The van der Waals surface area contributed by atoms with E-state index in [0.717, 1.165) is 38.6 Å². The predicted octanol–water partition coefficient (Wildman–Crippen LogP) is -0.134. The molecule has 1 heterocycles. The third-order valence-electron chi connectivity index (χ3n) is 3.89. The van der Waals surface area contributed by atoms with Crippen LogP contribution in [-0.4, -0.2) is 67.1 Å². The smallest absolute Gasteiger partial charge is 0.235 e. The van der Waals surface area contributed by atoms with E-state index in [4.69, 9.17) is 5.73 Å². The van der Waals surface area contributed by atoms with Crippen LogP contribution in [0.25, 0.3) is 0 Å². The van der Waals surface area contributed by atoms with Crippen molar-refractivity contribution in [2.24, 2.45) is 11.7 Å². The molecule has 19 heavy (non-hydrogen) atoms. The highest BCUT2D eigenvalue weighted by atomic mass is 16.1. The summed E-state index contributed by atoms with van der Waals surface area (Å²) in [5, 5.41) is 3.35. The molecule has 0 aromatic carbocycles. The normalized spacial score (nSPS) is 23.7. The molecule has 2 fully saturated rings. The quantitative estimate of drug-likeness (QED) is 0.675. The second-order valence-corrected chi connectivity index (χ2v) is 6.39. The molecule has 1 aliphatic carbocycles. The first-order valence-electron chi connectivity index (χ1n) is 7.54. The Labute approximate surface area is 116 Å². The first kappa shape index (κ1) is 14.8. The van der Waals surface area contributed by atoms with Gasteiger partial charge in [0.15, 0.2) is 0 Å². The molecule has 1 unspecified atom stereocenters. The van der Waals surface area contributed by atoms with Gasteiger partial charge in [-0.2, -0.15) is 0 Å². The maximum Gasteiger partial charge on any atom is 0.235 e. The Kier molecular flexibility index (Phi) is 5.19. The van der Waals surface area contributed by atoms with Gasteiger partial charge in [0.1, 0.15) is 0 Å². The Morgan fingerprint density at radius 3 is 2.11 bits per heavy atom.